The van der Waals surface area contributed by atoms with Crippen LogP contribution in [0.4, 0.5) is 0 Å². The van der Waals surface area contributed by atoms with Crippen LogP contribution in [-0.4, -0.2) is 19.7 Å². The summed E-state index contributed by atoms with van der Waals surface area (Å²) in [5, 5.41) is 8.42. The zero-order valence-corrected chi connectivity index (χ0v) is 11.9. The van der Waals surface area contributed by atoms with Crippen molar-refractivity contribution >= 4 is 11.6 Å². The SMILES string of the molecule is Cc1cnc(C(C)n2c(Cl)nnc2-c2ccccc2)o1. The standard InChI is InChI=1S/C14H13ClN4O/c1-9-8-16-13(20-9)10(2)19-12(17-18-14(19)15)11-6-4-3-5-7-11/h3-8,10H,1-2H3. The van der Waals surface area contributed by atoms with Crippen LogP contribution in [0.15, 0.2) is 40.9 Å². The number of aromatic nitrogens is 4. The van der Waals surface area contributed by atoms with E-state index in [2.05, 4.69) is 15.2 Å². The van der Waals surface area contributed by atoms with Gasteiger partial charge in [0.2, 0.25) is 11.2 Å². The van der Waals surface area contributed by atoms with Gasteiger partial charge < -0.3 is 4.42 Å². The van der Waals surface area contributed by atoms with E-state index in [-0.39, 0.29) is 6.04 Å². The Kier molecular flexibility index (Phi) is 3.28. The molecule has 6 heteroatoms. The largest absolute Gasteiger partial charge is 0.444 e. The molecule has 102 valence electrons. The van der Waals surface area contributed by atoms with Gasteiger partial charge in [-0.15, -0.1) is 10.2 Å². The Bertz CT molecular complexity index is 720. The van der Waals surface area contributed by atoms with Crippen molar-refractivity contribution in [3.63, 3.8) is 0 Å². The lowest BCUT2D eigenvalue weighted by Crippen LogP contribution is -2.09. The first-order chi connectivity index (χ1) is 9.66. The maximum absolute atomic E-state index is 6.17. The van der Waals surface area contributed by atoms with Gasteiger partial charge in [-0.1, -0.05) is 30.3 Å². The van der Waals surface area contributed by atoms with Gasteiger partial charge in [0.25, 0.3) is 0 Å². The Balaban J connectivity index is 2.08. The van der Waals surface area contributed by atoms with Crippen LogP contribution in [0.5, 0.6) is 0 Å². The molecule has 0 spiro atoms. The lowest BCUT2D eigenvalue weighted by molar-refractivity contribution is 0.416. The minimum Gasteiger partial charge on any atom is -0.444 e. The maximum atomic E-state index is 6.17. The van der Waals surface area contributed by atoms with E-state index in [0.717, 1.165) is 11.3 Å². The van der Waals surface area contributed by atoms with Gasteiger partial charge >= 0.3 is 0 Å². The number of nitrogens with zero attached hydrogens (tertiary/aromatic N) is 4. The van der Waals surface area contributed by atoms with Gasteiger partial charge in [0.05, 0.1) is 6.20 Å². The van der Waals surface area contributed by atoms with Gasteiger partial charge in [-0.05, 0) is 25.4 Å². The smallest absolute Gasteiger partial charge is 0.226 e. The molecule has 0 amide bonds. The summed E-state index contributed by atoms with van der Waals surface area (Å²) >= 11 is 6.17. The molecule has 20 heavy (non-hydrogen) atoms. The zero-order valence-electron chi connectivity index (χ0n) is 11.1. The number of hydrogen-bond acceptors (Lipinski definition) is 4. The lowest BCUT2D eigenvalue weighted by atomic mass is 10.2. The second-order valence-corrected chi connectivity index (χ2v) is 4.85. The van der Waals surface area contributed by atoms with Gasteiger partial charge in [0, 0.05) is 5.56 Å². The van der Waals surface area contributed by atoms with Crippen LogP contribution in [0, 0.1) is 6.92 Å². The Labute approximate surface area is 121 Å². The molecule has 2 aromatic heterocycles. The molecule has 0 saturated carbocycles. The van der Waals surface area contributed by atoms with Crippen molar-refractivity contribution in [3.8, 4) is 11.4 Å². The third-order valence-corrected chi connectivity index (χ3v) is 3.33. The summed E-state index contributed by atoms with van der Waals surface area (Å²) in [6, 6.07) is 9.59. The normalized spacial score (nSPS) is 12.6. The maximum Gasteiger partial charge on any atom is 0.226 e. The van der Waals surface area contributed by atoms with Crippen LogP contribution in [-0.2, 0) is 0 Å². The van der Waals surface area contributed by atoms with Crippen molar-refractivity contribution in [2.45, 2.75) is 19.9 Å². The van der Waals surface area contributed by atoms with Gasteiger partial charge in [-0.3, -0.25) is 4.57 Å². The second kappa shape index (κ2) is 5.09. The highest BCUT2D eigenvalue weighted by molar-refractivity contribution is 6.28. The van der Waals surface area contributed by atoms with Crippen molar-refractivity contribution < 1.29 is 4.42 Å². The van der Waals surface area contributed by atoms with Crippen molar-refractivity contribution in [1.29, 1.82) is 0 Å². The van der Waals surface area contributed by atoms with E-state index in [0.29, 0.717) is 17.0 Å². The van der Waals surface area contributed by atoms with Gasteiger partial charge in [0.1, 0.15) is 11.8 Å². The van der Waals surface area contributed by atoms with Crippen molar-refractivity contribution in [1.82, 2.24) is 19.7 Å². The minimum absolute atomic E-state index is 0.179. The Morgan fingerprint density at radius 3 is 2.60 bits per heavy atom. The molecular formula is C14H13ClN4O. The molecule has 0 radical (unpaired) electrons. The lowest BCUT2D eigenvalue weighted by Gasteiger charge is -2.13. The van der Waals surface area contributed by atoms with E-state index in [9.17, 15) is 0 Å². The van der Waals surface area contributed by atoms with Gasteiger partial charge in [-0.2, -0.15) is 0 Å². The van der Waals surface area contributed by atoms with Gasteiger partial charge in [-0.25, -0.2) is 4.98 Å². The minimum atomic E-state index is -0.179. The molecule has 0 N–H and O–H groups in total. The summed E-state index contributed by atoms with van der Waals surface area (Å²) in [6.45, 7) is 3.81. The highest BCUT2D eigenvalue weighted by Gasteiger charge is 2.21. The van der Waals surface area contributed by atoms with Crippen molar-refractivity contribution in [3.05, 3.63) is 53.5 Å². The zero-order chi connectivity index (χ0) is 14.1. The first kappa shape index (κ1) is 12.9. The molecule has 0 aliphatic carbocycles. The summed E-state index contributed by atoms with van der Waals surface area (Å²) in [7, 11) is 0. The van der Waals surface area contributed by atoms with Crippen LogP contribution in [0.2, 0.25) is 5.28 Å². The molecule has 3 rings (SSSR count). The van der Waals surface area contributed by atoms with Crippen molar-refractivity contribution in [2.75, 3.05) is 0 Å². The monoisotopic (exact) mass is 288 g/mol. The second-order valence-electron chi connectivity index (χ2n) is 4.51. The average molecular weight is 289 g/mol. The fourth-order valence-electron chi connectivity index (χ4n) is 2.08. The molecule has 0 aliphatic heterocycles. The summed E-state index contributed by atoms with van der Waals surface area (Å²) in [4.78, 5) is 4.25. The molecule has 0 bridgehead atoms. The molecule has 5 nitrogen and oxygen atoms in total. The number of oxazole rings is 1. The number of hydrogen-bond donors (Lipinski definition) is 0. The first-order valence-corrected chi connectivity index (χ1v) is 6.63. The third kappa shape index (κ3) is 2.20. The highest BCUT2D eigenvalue weighted by atomic mass is 35.5. The number of benzene rings is 1. The van der Waals surface area contributed by atoms with E-state index in [4.69, 9.17) is 16.0 Å². The third-order valence-electron chi connectivity index (χ3n) is 3.07. The van der Waals surface area contributed by atoms with E-state index >= 15 is 0 Å². The Hall–Kier alpha value is -2.14. The first-order valence-electron chi connectivity index (χ1n) is 6.25. The fourth-order valence-corrected chi connectivity index (χ4v) is 2.34. The Morgan fingerprint density at radius 2 is 1.95 bits per heavy atom. The quantitative estimate of drug-likeness (QED) is 0.740. The molecule has 0 aliphatic rings. The van der Waals surface area contributed by atoms with E-state index < -0.39 is 0 Å². The topological polar surface area (TPSA) is 56.7 Å². The molecule has 3 aromatic rings. The van der Waals surface area contributed by atoms with E-state index in [1.165, 1.54) is 0 Å². The number of rotatable bonds is 3. The summed E-state index contributed by atoms with van der Waals surface area (Å²) in [6.07, 6.45) is 1.69. The van der Waals surface area contributed by atoms with Gasteiger partial charge in [0.15, 0.2) is 5.82 Å². The predicted octanol–water partition coefficient (Wildman–Crippen LogP) is 3.50. The molecule has 2 heterocycles. The Morgan fingerprint density at radius 1 is 1.20 bits per heavy atom. The van der Waals surface area contributed by atoms with Crippen LogP contribution in [0.3, 0.4) is 0 Å². The van der Waals surface area contributed by atoms with Crippen molar-refractivity contribution in [2.24, 2.45) is 0 Å². The van der Waals surface area contributed by atoms with Crippen LogP contribution >= 0.6 is 11.6 Å². The predicted molar refractivity (Wildman–Crippen MR) is 75.5 cm³/mol. The number of halogens is 1. The molecule has 0 saturated heterocycles. The molecule has 1 unspecified atom stereocenters. The fraction of sp³-hybridized carbons (Fsp3) is 0.214. The van der Waals surface area contributed by atoms with Crippen LogP contribution < -0.4 is 0 Å². The average Bonchev–Trinajstić information content (AvgIpc) is 3.05. The van der Waals surface area contributed by atoms with Crippen LogP contribution in [0.1, 0.15) is 24.6 Å². The molecular weight excluding hydrogens is 276 g/mol. The highest BCUT2D eigenvalue weighted by Crippen LogP contribution is 2.28. The molecule has 0 fully saturated rings. The summed E-state index contributed by atoms with van der Waals surface area (Å²) in [5.74, 6) is 2.04. The number of aryl methyl sites for hydroxylation is 1. The summed E-state index contributed by atoms with van der Waals surface area (Å²) < 4.78 is 7.38. The van der Waals surface area contributed by atoms with E-state index in [1.807, 2.05) is 48.7 Å². The van der Waals surface area contributed by atoms with E-state index in [1.54, 1.807) is 6.20 Å². The van der Waals surface area contributed by atoms with Crippen LogP contribution in [0.25, 0.3) is 11.4 Å². The summed E-state index contributed by atoms with van der Waals surface area (Å²) in [5.41, 5.74) is 0.946. The molecule has 1 atom stereocenters. The molecule has 1 aromatic carbocycles.